The number of hydrogen-bond acceptors (Lipinski definition) is 6. The highest BCUT2D eigenvalue weighted by molar-refractivity contribution is 6.51. The van der Waals surface area contributed by atoms with Gasteiger partial charge in [-0.05, 0) is 40.8 Å². The summed E-state index contributed by atoms with van der Waals surface area (Å²) >= 11 is 0. The number of benzene rings is 3. The van der Waals surface area contributed by atoms with Crippen molar-refractivity contribution in [2.45, 2.75) is 32.2 Å². The number of aliphatic hydroxyl groups is 1. The third-order valence-electron chi connectivity index (χ3n) is 6.70. The summed E-state index contributed by atoms with van der Waals surface area (Å²) in [7, 11) is 1.49. The summed E-state index contributed by atoms with van der Waals surface area (Å²) in [6, 6.07) is 18.9. The summed E-state index contributed by atoms with van der Waals surface area (Å²) in [5.41, 5.74) is 2.52. The Bertz CT molecular complexity index is 1400. The SMILES string of the molecule is COc1ccccc1/C(O)=C1\C(=O)C(=O)N(c2ccc3c(c2)OCCO3)C1c1ccc(C(C)(C)C)cc1. The highest BCUT2D eigenvalue weighted by Gasteiger charge is 2.47. The van der Waals surface area contributed by atoms with E-state index in [1.54, 1.807) is 42.5 Å². The van der Waals surface area contributed by atoms with E-state index >= 15 is 0 Å². The molecule has 3 aromatic carbocycles. The number of para-hydroxylation sites is 1. The van der Waals surface area contributed by atoms with Gasteiger partial charge in [-0.25, -0.2) is 0 Å². The number of ketones is 1. The zero-order valence-corrected chi connectivity index (χ0v) is 21.3. The van der Waals surface area contributed by atoms with Gasteiger partial charge in [-0.2, -0.15) is 0 Å². The molecule has 0 saturated carbocycles. The van der Waals surface area contributed by atoms with Crippen LogP contribution in [0.15, 0.2) is 72.3 Å². The number of nitrogens with zero attached hydrogens (tertiary/aromatic N) is 1. The molecule has 1 fully saturated rings. The number of fused-ring (bicyclic) bond motifs is 1. The third kappa shape index (κ3) is 4.31. The Kier molecular flexibility index (Phi) is 6.15. The molecule has 1 saturated heterocycles. The van der Waals surface area contributed by atoms with Crippen molar-refractivity contribution >= 4 is 23.1 Å². The first kappa shape index (κ1) is 24.4. The van der Waals surface area contributed by atoms with E-state index in [2.05, 4.69) is 20.8 Å². The molecule has 0 radical (unpaired) electrons. The van der Waals surface area contributed by atoms with E-state index in [1.807, 2.05) is 24.3 Å². The zero-order chi connectivity index (χ0) is 26.3. The summed E-state index contributed by atoms with van der Waals surface area (Å²) in [4.78, 5) is 28.4. The number of anilines is 1. The molecule has 2 aliphatic heterocycles. The molecule has 190 valence electrons. The second kappa shape index (κ2) is 9.32. The van der Waals surface area contributed by atoms with Gasteiger partial charge >= 0.3 is 0 Å². The van der Waals surface area contributed by atoms with Crippen LogP contribution in [0.5, 0.6) is 17.2 Å². The molecule has 3 aromatic rings. The highest BCUT2D eigenvalue weighted by Crippen LogP contribution is 2.45. The summed E-state index contributed by atoms with van der Waals surface area (Å²) in [6.45, 7) is 7.18. The lowest BCUT2D eigenvalue weighted by molar-refractivity contribution is -0.132. The topological polar surface area (TPSA) is 85.3 Å². The van der Waals surface area contributed by atoms with Crippen LogP contribution in [-0.4, -0.2) is 37.1 Å². The molecule has 0 aromatic heterocycles. The Balaban J connectivity index is 1.71. The van der Waals surface area contributed by atoms with Crippen LogP contribution in [0, 0.1) is 0 Å². The molecule has 37 heavy (non-hydrogen) atoms. The normalized spacial score (nSPS) is 18.7. The fraction of sp³-hybridized carbons (Fsp3) is 0.267. The molecule has 2 aliphatic rings. The van der Waals surface area contributed by atoms with Crippen molar-refractivity contribution in [3.8, 4) is 17.2 Å². The Morgan fingerprint density at radius 2 is 1.62 bits per heavy atom. The van der Waals surface area contributed by atoms with Gasteiger partial charge in [0.25, 0.3) is 11.7 Å². The van der Waals surface area contributed by atoms with Gasteiger partial charge in [-0.3, -0.25) is 14.5 Å². The second-order valence-electron chi connectivity index (χ2n) is 10.1. The van der Waals surface area contributed by atoms with Crippen LogP contribution in [0.4, 0.5) is 5.69 Å². The number of methoxy groups -OCH3 is 1. The number of Topliss-reactive ketones (excluding diaryl/α,β-unsaturated/α-hetero) is 1. The van der Waals surface area contributed by atoms with E-state index in [9.17, 15) is 14.7 Å². The molecule has 7 heteroatoms. The van der Waals surface area contributed by atoms with Crippen LogP contribution in [-0.2, 0) is 15.0 Å². The first-order valence-electron chi connectivity index (χ1n) is 12.1. The van der Waals surface area contributed by atoms with Gasteiger partial charge in [0, 0.05) is 11.8 Å². The van der Waals surface area contributed by atoms with Crippen molar-refractivity contribution in [3.05, 3.63) is 89.0 Å². The molecular formula is C30H29NO6. The van der Waals surface area contributed by atoms with E-state index in [-0.39, 0.29) is 16.7 Å². The monoisotopic (exact) mass is 499 g/mol. The molecule has 1 unspecified atom stereocenters. The minimum atomic E-state index is -0.860. The summed E-state index contributed by atoms with van der Waals surface area (Å²) in [5.74, 6) is -0.335. The number of carbonyl (C=O) groups is 2. The molecule has 0 bridgehead atoms. The van der Waals surface area contributed by atoms with Gasteiger partial charge in [0.1, 0.15) is 24.7 Å². The van der Waals surface area contributed by atoms with Gasteiger partial charge in [0.15, 0.2) is 11.5 Å². The predicted octanol–water partition coefficient (Wildman–Crippen LogP) is 5.39. The van der Waals surface area contributed by atoms with Crippen LogP contribution < -0.4 is 19.1 Å². The molecule has 1 atom stereocenters. The van der Waals surface area contributed by atoms with Crippen LogP contribution in [0.25, 0.3) is 5.76 Å². The Hall–Kier alpha value is -4.26. The van der Waals surface area contributed by atoms with Gasteiger partial charge in [-0.1, -0.05) is 57.2 Å². The number of carbonyl (C=O) groups excluding carboxylic acids is 2. The largest absolute Gasteiger partial charge is 0.507 e. The van der Waals surface area contributed by atoms with E-state index in [0.29, 0.717) is 47.3 Å². The van der Waals surface area contributed by atoms with E-state index in [4.69, 9.17) is 14.2 Å². The summed E-state index contributed by atoms with van der Waals surface area (Å²) < 4.78 is 16.8. The zero-order valence-electron chi connectivity index (χ0n) is 21.3. The van der Waals surface area contributed by atoms with Gasteiger partial charge in [0.2, 0.25) is 0 Å². The predicted molar refractivity (Wildman–Crippen MR) is 140 cm³/mol. The average Bonchev–Trinajstić information content (AvgIpc) is 3.17. The van der Waals surface area contributed by atoms with Crippen LogP contribution in [0.2, 0.25) is 0 Å². The van der Waals surface area contributed by atoms with Crippen molar-refractivity contribution in [1.29, 1.82) is 0 Å². The van der Waals surface area contributed by atoms with Crippen LogP contribution in [0.1, 0.15) is 43.5 Å². The van der Waals surface area contributed by atoms with Gasteiger partial charge in [0.05, 0.1) is 24.3 Å². The lowest BCUT2D eigenvalue weighted by Crippen LogP contribution is -2.29. The lowest BCUT2D eigenvalue weighted by Gasteiger charge is -2.28. The van der Waals surface area contributed by atoms with Crippen molar-refractivity contribution in [2.24, 2.45) is 0 Å². The molecule has 5 rings (SSSR count). The smallest absolute Gasteiger partial charge is 0.300 e. The lowest BCUT2D eigenvalue weighted by atomic mass is 9.85. The molecule has 7 nitrogen and oxygen atoms in total. The average molecular weight is 500 g/mol. The second-order valence-corrected chi connectivity index (χ2v) is 10.1. The van der Waals surface area contributed by atoms with Crippen molar-refractivity contribution in [3.63, 3.8) is 0 Å². The molecular weight excluding hydrogens is 470 g/mol. The number of amides is 1. The van der Waals surface area contributed by atoms with E-state index < -0.39 is 17.7 Å². The van der Waals surface area contributed by atoms with Crippen LogP contribution >= 0.6 is 0 Å². The fourth-order valence-corrected chi connectivity index (χ4v) is 4.75. The van der Waals surface area contributed by atoms with Gasteiger partial charge < -0.3 is 19.3 Å². The Labute approximate surface area is 215 Å². The molecule has 0 spiro atoms. The number of aliphatic hydroxyl groups excluding tert-OH is 1. The summed E-state index contributed by atoms with van der Waals surface area (Å²) in [6.07, 6.45) is 0. The quantitative estimate of drug-likeness (QED) is 0.294. The molecule has 2 heterocycles. The minimum Gasteiger partial charge on any atom is -0.507 e. The van der Waals surface area contributed by atoms with E-state index in [1.165, 1.54) is 12.0 Å². The number of ether oxygens (including phenoxy) is 3. The van der Waals surface area contributed by atoms with Crippen LogP contribution in [0.3, 0.4) is 0 Å². The minimum absolute atomic E-state index is 0.00658. The molecule has 0 aliphatic carbocycles. The maximum absolute atomic E-state index is 13.5. The Morgan fingerprint density at radius 3 is 2.30 bits per heavy atom. The first-order chi connectivity index (χ1) is 17.7. The standard InChI is InChI=1S/C30H29NO6/c1-30(2,3)19-11-9-18(10-12-19)26-25(27(32)21-7-5-6-8-22(21)35-4)28(33)29(34)31(26)20-13-14-23-24(17-20)37-16-15-36-23/h5-14,17,26,32H,15-16H2,1-4H3/b27-25+. The van der Waals surface area contributed by atoms with Crippen molar-refractivity contribution < 1.29 is 28.9 Å². The van der Waals surface area contributed by atoms with Crippen molar-refractivity contribution in [1.82, 2.24) is 0 Å². The molecule has 1 N–H and O–H groups in total. The maximum Gasteiger partial charge on any atom is 0.300 e. The Morgan fingerprint density at radius 1 is 0.946 bits per heavy atom. The van der Waals surface area contributed by atoms with Crippen molar-refractivity contribution in [2.75, 3.05) is 25.2 Å². The maximum atomic E-state index is 13.5. The fourth-order valence-electron chi connectivity index (χ4n) is 4.75. The number of hydrogen-bond donors (Lipinski definition) is 1. The van der Waals surface area contributed by atoms with E-state index in [0.717, 1.165) is 5.56 Å². The highest BCUT2D eigenvalue weighted by atomic mass is 16.6. The third-order valence-corrected chi connectivity index (χ3v) is 6.70. The molecule has 1 amide bonds. The van der Waals surface area contributed by atoms with Gasteiger partial charge in [-0.15, -0.1) is 0 Å². The number of rotatable bonds is 4. The summed E-state index contributed by atoms with van der Waals surface area (Å²) in [5, 5.41) is 11.4. The first-order valence-corrected chi connectivity index (χ1v) is 12.1.